The van der Waals surface area contributed by atoms with Crippen molar-refractivity contribution in [2.24, 2.45) is 0 Å². The molecule has 0 aliphatic carbocycles. The molecule has 0 saturated carbocycles. The minimum atomic E-state index is -1.03. The lowest BCUT2D eigenvalue weighted by molar-refractivity contribution is -0.385. The van der Waals surface area contributed by atoms with Crippen LogP contribution >= 0.6 is 11.6 Å². The highest BCUT2D eigenvalue weighted by molar-refractivity contribution is 6.31. The standard InChI is InChI=1S/C9H11ClN2O5/c10-5-1-7(11-3-6(14)4-13)9(15)8(2-5)12(16)17/h1-2,6,11,13-15H,3-4H2. The fourth-order valence-corrected chi connectivity index (χ4v) is 1.36. The summed E-state index contributed by atoms with van der Waals surface area (Å²) in [6, 6.07) is 2.30. The number of nitro groups is 1. The fraction of sp³-hybridized carbons (Fsp3) is 0.333. The number of hydrogen-bond donors (Lipinski definition) is 4. The van der Waals surface area contributed by atoms with Crippen LogP contribution in [0.1, 0.15) is 0 Å². The molecule has 0 spiro atoms. The van der Waals surface area contributed by atoms with Gasteiger partial charge in [-0.3, -0.25) is 10.1 Å². The smallest absolute Gasteiger partial charge is 0.314 e. The Morgan fingerprint density at radius 2 is 2.18 bits per heavy atom. The average molecular weight is 263 g/mol. The van der Waals surface area contributed by atoms with Gasteiger partial charge in [-0.2, -0.15) is 0 Å². The Morgan fingerprint density at radius 3 is 2.71 bits per heavy atom. The van der Waals surface area contributed by atoms with Crippen LogP contribution in [0.15, 0.2) is 12.1 Å². The van der Waals surface area contributed by atoms with E-state index < -0.39 is 29.1 Å². The van der Waals surface area contributed by atoms with Gasteiger partial charge in [-0.15, -0.1) is 0 Å². The molecule has 1 aromatic rings. The minimum Gasteiger partial charge on any atom is -0.501 e. The second-order valence-electron chi connectivity index (χ2n) is 3.30. The third kappa shape index (κ3) is 3.45. The molecule has 0 amide bonds. The summed E-state index contributed by atoms with van der Waals surface area (Å²) in [5.41, 5.74) is -0.504. The summed E-state index contributed by atoms with van der Waals surface area (Å²) in [5, 5.41) is 40.5. The van der Waals surface area contributed by atoms with Crippen molar-refractivity contribution in [3.05, 3.63) is 27.3 Å². The molecule has 8 heteroatoms. The number of nitrogens with zero attached hydrogens (tertiary/aromatic N) is 1. The topological polar surface area (TPSA) is 116 Å². The number of hydrogen-bond acceptors (Lipinski definition) is 6. The van der Waals surface area contributed by atoms with Crippen molar-refractivity contribution in [3.8, 4) is 5.75 Å². The molecular weight excluding hydrogens is 252 g/mol. The van der Waals surface area contributed by atoms with Gasteiger partial charge in [0.25, 0.3) is 0 Å². The highest BCUT2D eigenvalue weighted by atomic mass is 35.5. The van der Waals surface area contributed by atoms with Crippen LogP contribution in [-0.2, 0) is 0 Å². The van der Waals surface area contributed by atoms with Crippen molar-refractivity contribution in [3.63, 3.8) is 0 Å². The molecule has 1 unspecified atom stereocenters. The molecule has 17 heavy (non-hydrogen) atoms. The summed E-state index contributed by atoms with van der Waals surface area (Å²) in [5.74, 6) is -0.565. The molecule has 7 nitrogen and oxygen atoms in total. The van der Waals surface area contributed by atoms with Gasteiger partial charge in [0, 0.05) is 17.6 Å². The van der Waals surface area contributed by atoms with Crippen LogP contribution in [0.5, 0.6) is 5.75 Å². The normalized spacial score (nSPS) is 12.2. The molecule has 4 N–H and O–H groups in total. The molecule has 1 aromatic carbocycles. The molecule has 0 aliphatic heterocycles. The molecule has 1 atom stereocenters. The van der Waals surface area contributed by atoms with Crippen molar-refractivity contribution in [2.45, 2.75) is 6.10 Å². The van der Waals surface area contributed by atoms with Gasteiger partial charge in [0.15, 0.2) is 0 Å². The molecule has 0 aromatic heterocycles. The van der Waals surface area contributed by atoms with Gasteiger partial charge in [-0.1, -0.05) is 11.6 Å². The van der Waals surface area contributed by atoms with E-state index in [4.69, 9.17) is 21.8 Å². The Hall–Kier alpha value is -1.57. The zero-order valence-electron chi connectivity index (χ0n) is 8.63. The number of phenols is 1. The van der Waals surface area contributed by atoms with E-state index in [2.05, 4.69) is 5.32 Å². The number of halogens is 1. The van der Waals surface area contributed by atoms with Crippen LogP contribution in [0.2, 0.25) is 5.02 Å². The van der Waals surface area contributed by atoms with E-state index in [9.17, 15) is 15.2 Å². The van der Waals surface area contributed by atoms with Crippen LogP contribution in [0.4, 0.5) is 11.4 Å². The molecule has 0 radical (unpaired) electrons. The summed E-state index contributed by atoms with van der Waals surface area (Å²) in [6.07, 6.45) is -1.03. The van der Waals surface area contributed by atoms with Crippen LogP contribution in [0.25, 0.3) is 0 Å². The Morgan fingerprint density at radius 1 is 1.53 bits per heavy atom. The molecule has 94 valence electrons. The molecule has 0 fully saturated rings. The average Bonchev–Trinajstić information content (AvgIpc) is 2.28. The first-order valence-electron chi connectivity index (χ1n) is 4.65. The van der Waals surface area contributed by atoms with Gasteiger partial charge in [-0.05, 0) is 6.07 Å². The summed E-state index contributed by atoms with van der Waals surface area (Å²) < 4.78 is 0. The lowest BCUT2D eigenvalue weighted by atomic mass is 10.2. The van der Waals surface area contributed by atoms with E-state index >= 15 is 0 Å². The van der Waals surface area contributed by atoms with Crippen molar-refractivity contribution in [1.29, 1.82) is 0 Å². The first-order chi connectivity index (χ1) is 7.95. The second kappa shape index (κ2) is 5.67. The van der Waals surface area contributed by atoms with Crippen LogP contribution in [-0.4, -0.2) is 39.5 Å². The predicted molar refractivity (Wildman–Crippen MR) is 61.4 cm³/mol. The lowest BCUT2D eigenvalue weighted by Crippen LogP contribution is -2.23. The molecule has 0 aliphatic rings. The number of nitrogens with one attached hydrogen (secondary N) is 1. The summed E-state index contributed by atoms with van der Waals surface area (Å²) in [6.45, 7) is -0.530. The van der Waals surface area contributed by atoms with Gasteiger partial charge in [-0.25, -0.2) is 0 Å². The predicted octanol–water partition coefficient (Wildman–Crippen LogP) is 0.719. The highest BCUT2D eigenvalue weighted by Crippen LogP contribution is 2.36. The van der Waals surface area contributed by atoms with Gasteiger partial charge in [0.2, 0.25) is 5.75 Å². The number of benzene rings is 1. The third-order valence-electron chi connectivity index (χ3n) is 1.99. The zero-order valence-corrected chi connectivity index (χ0v) is 9.39. The Bertz CT molecular complexity index is 426. The van der Waals surface area contributed by atoms with Crippen molar-refractivity contribution < 1.29 is 20.2 Å². The number of aliphatic hydroxyl groups is 2. The van der Waals surface area contributed by atoms with E-state index in [0.29, 0.717) is 0 Å². The maximum absolute atomic E-state index is 10.6. The SMILES string of the molecule is O=[N+]([O-])c1cc(Cl)cc(NCC(O)CO)c1O. The highest BCUT2D eigenvalue weighted by Gasteiger charge is 2.18. The maximum atomic E-state index is 10.6. The Labute approximate surface area is 101 Å². The summed E-state index contributed by atoms with van der Waals surface area (Å²) in [7, 11) is 0. The van der Waals surface area contributed by atoms with E-state index in [0.717, 1.165) is 6.07 Å². The number of nitro benzene ring substituents is 1. The molecule has 0 heterocycles. The molecule has 0 bridgehead atoms. The second-order valence-corrected chi connectivity index (χ2v) is 3.73. The molecule has 1 rings (SSSR count). The third-order valence-corrected chi connectivity index (χ3v) is 2.21. The largest absolute Gasteiger partial charge is 0.501 e. The van der Waals surface area contributed by atoms with Gasteiger partial charge < -0.3 is 20.6 Å². The summed E-state index contributed by atoms with van der Waals surface area (Å²) >= 11 is 5.65. The molecule has 0 saturated heterocycles. The van der Waals surface area contributed by atoms with E-state index in [1.165, 1.54) is 6.07 Å². The quantitative estimate of drug-likeness (QED) is 0.353. The van der Waals surface area contributed by atoms with Crippen LogP contribution < -0.4 is 5.32 Å². The van der Waals surface area contributed by atoms with Crippen molar-refractivity contribution in [1.82, 2.24) is 0 Å². The van der Waals surface area contributed by atoms with Gasteiger partial charge in [0.05, 0.1) is 23.3 Å². The Balaban J connectivity index is 2.95. The van der Waals surface area contributed by atoms with E-state index in [1.54, 1.807) is 0 Å². The fourth-order valence-electron chi connectivity index (χ4n) is 1.15. The number of anilines is 1. The number of aliphatic hydroxyl groups excluding tert-OH is 2. The van der Waals surface area contributed by atoms with Gasteiger partial charge in [0.1, 0.15) is 0 Å². The first kappa shape index (κ1) is 13.5. The monoisotopic (exact) mass is 262 g/mol. The van der Waals surface area contributed by atoms with Crippen LogP contribution in [0, 0.1) is 10.1 Å². The van der Waals surface area contributed by atoms with E-state index in [-0.39, 0.29) is 17.3 Å². The number of aromatic hydroxyl groups is 1. The van der Waals surface area contributed by atoms with Crippen molar-refractivity contribution >= 4 is 23.0 Å². The summed E-state index contributed by atoms with van der Waals surface area (Å²) in [4.78, 5) is 9.82. The van der Waals surface area contributed by atoms with Crippen LogP contribution in [0.3, 0.4) is 0 Å². The van der Waals surface area contributed by atoms with Gasteiger partial charge >= 0.3 is 5.69 Å². The number of phenolic OH excluding ortho intramolecular Hbond substituents is 1. The number of rotatable bonds is 5. The minimum absolute atomic E-state index is 0.0247. The van der Waals surface area contributed by atoms with Crippen molar-refractivity contribution in [2.75, 3.05) is 18.5 Å². The van der Waals surface area contributed by atoms with E-state index in [1.807, 2.05) is 0 Å². The lowest BCUT2D eigenvalue weighted by Gasteiger charge is -2.11. The maximum Gasteiger partial charge on any atom is 0.314 e. The Kier molecular flexibility index (Phi) is 4.50. The zero-order chi connectivity index (χ0) is 13.0. The first-order valence-corrected chi connectivity index (χ1v) is 5.03. The molecular formula is C9H11ClN2O5.